The van der Waals surface area contributed by atoms with Gasteiger partial charge in [-0.15, -0.1) is 0 Å². The molecule has 5 heteroatoms. The molecule has 1 aromatic heterocycles. The number of likely N-dealkylation sites (tertiary alicyclic amines) is 2. The van der Waals surface area contributed by atoms with Crippen LogP contribution in [0.3, 0.4) is 0 Å². The third-order valence-corrected chi connectivity index (χ3v) is 6.14. The van der Waals surface area contributed by atoms with E-state index in [0.29, 0.717) is 11.8 Å². The topological polar surface area (TPSA) is 56.9 Å². The number of rotatable bonds is 5. The Labute approximate surface area is 143 Å². The van der Waals surface area contributed by atoms with Crippen molar-refractivity contribution < 1.29 is 14.3 Å². The molecule has 3 fully saturated rings. The number of furan rings is 1. The number of aliphatic hydroxyl groups excluding tert-OH is 1. The first-order chi connectivity index (χ1) is 11.6. The van der Waals surface area contributed by atoms with Gasteiger partial charge in [-0.25, -0.2) is 0 Å². The lowest BCUT2D eigenvalue weighted by Gasteiger charge is -2.42. The number of fused-ring (bicyclic) bond motifs is 1. The molecule has 2 saturated heterocycles. The molecule has 0 spiro atoms. The molecule has 4 rings (SSSR count). The van der Waals surface area contributed by atoms with Gasteiger partial charge in [-0.1, -0.05) is 6.92 Å². The number of amides is 1. The minimum absolute atomic E-state index is 0.150. The van der Waals surface area contributed by atoms with Crippen LogP contribution in [-0.2, 0) is 17.8 Å². The Bertz CT molecular complexity index is 610. The van der Waals surface area contributed by atoms with Crippen molar-refractivity contribution in [3.05, 3.63) is 23.7 Å². The zero-order chi connectivity index (χ0) is 16.7. The van der Waals surface area contributed by atoms with Gasteiger partial charge in [0.15, 0.2) is 0 Å². The van der Waals surface area contributed by atoms with Crippen LogP contribution in [0.1, 0.15) is 37.7 Å². The maximum atomic E-state index is 12.4. The van der Waals surface area contributed by atoms with E-state index in [1.165, 1.54) is 0 Å². The molecule has 3 aliphatic rings. The minimum Gasteiger partial charge on any atom is -0.465 e. The average molecular weight is 332 g/mol. The van der Waals surface area contributed by atoms with Gasteiger partial charge in [-0.2, -0.15) is 0 Å². The van der Waals surface area contributed by atoms with Crippen LogP contribution in [-0.4, -0.2) is 53.6 Å². The smallest absolute Gasteiger partial charge is 0.225 e. The summed E-state index contributed by atoms with van der Waals surface area (Å²) in [7, 11) is 0. The van der Waals surface area contributed by atoms with E-state index in [9.17, 15) is 9.90 Å². The molecule has 2 aliphatic heterocycles. The third-order valence-electron chi connectivity index (χ3n) is 6.14. The van der Waals surface area contributed by atoms with Crippen molar-refractivity contribution >= 4 is 5.91 Å². The first-order valence-corrected chi connectivity index (χ1v) is 9.33. The van der Waals surface area contributed by atoms with Crippen LogP contribution in [0.15, 0.2) is 16.5 Å². The van der Waals surface area contributed by atoms with Crippen LogP contribution in [0.5, 0.6) is 0 Å². The molecule has 24 heavy (non-hydrogen) atoms. The summed E-state index contributed by atoms with van der Waals surface area (Å²) < 4.78 is 5.84. The molecule has 1 saturated carbocycles. The van der Waals surface area contributed by atoms with E-state index in [-0.39, 0.29) is 17.9 Å². The first-order valence-electron chi connectivity index (χ1n) is 9.33. The lowest BCUT2D eigenvalue weighted by Crippen LogP contribution is -2.50. The van der Waals surface area contributed by atoms with Crippen LogP contribution in [0, 0.1) is 17.3 Å². The second-order valence-corrected chi connectivity index (χ2v) is 7.93. The maximum absolute atomic E-state index is 12.4. The summed E-state index contributed by atoms with van der Waals surface area (Å²) in [5, 5.41) is 10.1. The highest BCUT2D eigenvalue weighted by atomic mass is 16.3. The number of hydrogen-bond donors (Lipinski definition) is 1. The SMILES string of the molecule is CCc1ccc(CN2CCC3CN(C(=O)C4CC4)CC3(CO)C2)o1. The van der Waals surface area contributed by atoms with Crippen LogP contribution in [0.2, 0.25) is 0 Å². The van der Waals surface area contributed by atoms with Gasteiger partial charge in [0.2, 0.25) is 5.91 Å². The van der Waals surface area contributed by atoms with Crippen LogP contribution >= 0.6 is 0 Å². The Morgan fingerprint density at radius 1 is 1.29 bits per heavy atom. The van der Waals surface area contributed by atoms with Gasteiger partial charge in [0.25, 0.3) is 0 Å². The molecular formula is C19H28N2O3. The van der Waals surface area contributed by atoms with E-state index >= 15 is 0 Å². The van der Waals surface area contributed by atoms with E-state index in [2.05, 4.69) is 24.0 Å². The summed E-state index contributed by atoms with van der Waals surface area (Å²) in [6.45, 7) is 6.48. The Hall–Kier alpha value is -1.33. The monoisotopic (exact) mass is 332 g/mol. The highest BCUT2D eigenvalue weighted by Crippen LogP contribution is 2.44. The lowest BCUT2D eigenvalue weighted by atomic mass is 9.74. The van der Waals surface area contributed by atoms with E-state index in [1.807, 2.05) is 4.90 Å². The van der Waals surface area contributed by atoms with Crippen LogP contribution in [0.4, 0.5) is 0 Å². The summed E-state index contributed by atoms with van der Waals surface area (Å²) in [5.74, 6) is 3.06. The number of nitrogens with zero attached hydrogens (tertiary/aromatic N) is 2. The number of carbonyl (C=O) groups excluding carboxylic acids is 1. The summed E-state index contributed by atoms with van der Waals surface area (Å²) >= 11 is 0. The van der Waals surface area contributed by atoms with Crippen LogP contribution < -0.4 is 0 Å². The zero-order valence-corrected chi connectivity index (χ0v) is 14.5. The largest absolute Gasteiger partial charge is 0.465 e. The van der Waals surface area contributed by atoms with Crippen LogP contribution in [0.25, 0.3) is 0 Å². The fraction of sp³-hybridized carbons (Fsp3) is 0.737. The predicted octanol–water partition coefficient (Wildman–Crippen LogP) is 1.89. The van der Waals surface area contributed by atoms with Crippen molar-refractivity contribution in [3.63, 3.8) is 0 Å². The number of aliphatic hydroxyl groups is 1. The van der Waals surface area contributed by atoms with Gasteiger partial charge in [0.1, 0.15) is 11.5 Å². The summed E-state index contributed by atoms with van der Waals surface area (Å²) in [5.41, 5.74) is -0.150. The Balaban J connectivity index is 1.43. The molecular weight excluding hydrogens is 304 g/mol. The second kappa shape index (κ2) is 6.19. The fourth-order valence-corrected chi connectivity index (χ4v) is 4.51. The molecule has 1 amide bonds. The van der Waals surface area contributed by atoms with Gasteiger partial charge in [0.05, 0.1) is 13.2 Å². The minimum atomic E-state index is -0.150. The molecule has 0 bridgehead atoms. The number of piperidine rings is 1. The van der Waals surface area contributed by atoms with Crippen molar-refractivity contribution in [2.45, 2.75) is 39.2 Å². The summed E-state index contributed by atoms with van der Waals surface area (Å²) in [6, 6.07) is 4.11. The molecule has 1 aromatic rings. The molecule has 2 unspecified atom stereocenters. The standard InChI is InChI=1S/C19H28N2O3/c1-2-16-5-6-17(24-16)10-20-8-7-15-9-21(18(23)14-3-4-14)12-19(15,11-20)13-22/h5-6,14-15,22H,2-4,7-13H2,1H3. The average Bonchev–Trinajstić information content (AvgIpc) is 3.23. The molecule has 2 atom stereocenters. The predicted molar refractivity (Wildman–Crippen MR) is 90.3 cm³/mol. The Morgan fingerprint density at radius 3 is 2.75 bits per heavy atom. The third kappa shape index (κ3) is 2.88. The summed E-state index contributed by atoms with van der Waals surface area (Å²) in [6.07, 6.45) is 4.07. The van der Waals surface area contributed by atoms with E-state index in [0.717, 1.165) is 69.9 Å². The summed E-state index contributed by atoms with van der Waals surface area (Å²) in [4.78, 5) is 16.9. The molecule has 1 N–H and O–H groups in total. The van der Waals surface area contributed by atoms with E-state index < -0.39 is 0 Å². The zero-order valence-electron chi connectivity index (χ0n) is 14.5. The van der Waals surface area contributed by atoms with Gasteiger partial charge >= 0.3 is 0 Å². The highest BCUT2D eigenvalue weighted by molar-refractivity contribution is 5.81. The van der Waals surface area contributed by atoms with Crippen molar-refractivity contribution in [3.8, 4) is 0 Å². The van der Waals surface area contributed by atoms with Crippen molar-refractivity contribution in [1.82, 2.24) is 9.80 Å². The quantitative estimate of drug-likeness (QED) is 0.895. The van der Waals surface area contributed by atoms with E-state index in [4.69, 9.17) is 4.42 Å². The highest BCUT2D eigenvalue weighted by Gasteiger charge is 2.51. The van der Waals surface area contributed by atoms with Gasteiger partial charge in [-0.05, 0) is 43.9 Å². The number of aryl methyl sites for hydroxylation is 1. The Morgan fingerprint density at radius 2 is 2.08 bits per heavy atom. The van der Waals surface area contributed by atoms with Crippen molar-refractivity contribution in [2.75, 3.05) is 32.8 Å². The molecule has 1 aliphatic carbocycles. The fourth-order valence-electron chi connectivity index (χ4n) is 4.51. The number of hydrogen-bond acceptors (Lipinski definition) is 4. The Kier molecular flexibility index (Phi) is 4.17. The first kappa shape index (κ1) is 16.2. The molecule has 132 valence electrons. The molecule has 5 nitrogen and oxygen atoms in total. The van der Waals surface area contributed by atoms with Gasteiger partial charge in [-0.3, -0.25) is 9.69 Å². The maximum Gasteiger partial charge on any atom is 0.225 e. The molecule has 3 heterocycles. The van der Waals surface area contributed by atoms with Gasteiger partial charge < -0.3 is 14.4 Å². The molecule has 0 aromatic carbocycles. The normalized spacial score (nSPS) is 30.6. The number of carbonyl (C=O) groups is 1. The van der Waals surface area contributed by atoms with Gasteiger partial charge in [0, 0.05) is 37.4 Å². The second-order valence-electron chi connectivity index (χ2n) is 7.93. The van der Waals surface area contributed by atoms with E-state index in [1.54, 1.807) is 0 Å². The lowest BCUT2D eigenvalue weighted by molar-refractivity contribution is -0.132. The van der Waals surface area contributed by atoms with Crippen molar-refractivity contribution in [1.29, 1.82) is 0 Å². The van der Waals surface area contributed by atoms with Crippen molar-refractivity contribution in [2.24, 2.45) is 17.3 Å². The molecule has 0 radical (unpaired) electrons.